The second kappa shape index (κ2) is 5.12. The molecule has 2 aromatic rings. The number of nitrogens with two attached hydrogens (primary N) is 1. The van der Waals surface area contributed by atoms with Crippen LogP contribution in [0.4, 0.5) is 0 Å². The highest BCUT2D eigenvalue weighted by Crippen LogP contribution is 2.05. The Labute approximate surface area is 99.4 Å². The van der Waals surface area contributed by atoms with Gasteiger partial charge < -0.3 is 5.73 Å². The van der Waals surface area contributed by atoms with Crippen LogP contribution in [0.5, 0.6) is 0 Å². The fraction of sp³-hybridized carbons (Fsp3) is 0.0769. The molecular formula is C13H13N3O. The topological polar surface area (TPSA) is 60.9 Å². The van der Waals surface area contributed by atoms with Gasteiger partial charge in [0.2, 0.25) is 5.91 Å². The van der Waals surface area contributed by atoms with Crippen molar-refractivity contribution in [3.8, 4) is 0 Å². The fourth-order valence-corrected chi connectivity index (χ4v) is 1.50. The summed E-state index contributed by atoms with van der Waals surface area (Å²) in [5, 5.41) is 4.20. The molecule has 4 nitrogen and oxygen atoms in total. The van der Waals surface area contributed by atoms with E-state index in [2.05, 4.69) is 5.10 Å². The minimum absolute atomic E-state index is 0.458. The Morgan fingerprint density at radius 1 is 1.35 bits per heavy atom. The fourth-order valence-electron chi connectivity index (χ4n) is 1.50. The average molecular weight is 227 g/mol. The molecule has 0 aliphatic rings. The Morgan fingerprint density at radius 3 is 2.82 bits per heavy atom. The lowest BCUT2D eigenvalue weighted by Crippen LogP contribution is -2.04. The number of rotatable bonds is 4. The van der Waals surface area contributed by atoms with E-state index in [0.29, 0.717) is 6.54 Å². The first-order valence-corrected chi connectivity index (χ1v) is 5.28. The van der Waals surface area contributed by atoms with Gasteiger partial charge >= 0.3 is 0 Å². The third-order valence-corrected chi connectivity index (χ3v) is 2.28. The molecule has 0 aliphatic heterocycles. The summed E-state index contributed by atoms with van der Waals surface area (Å²) in [5.41, 5.74) is 7.06. The minimum Gasteiger partial charge on any atom is -0.366 e. The summed E-state index contributed by atoms with van der Waals surface area (Å²) in [4.78, 5) is 10.6. The molecule has 0 aliphatic carbocycles. The molecule has 1 aromatic carbocycles. The monoisotopic (exact) mass is 227 g/mol. The highest BCUT2D eigenvalue weighted by Gasteiger charge is 1.97. The lowest BCUT2D eigenvalue weighted by Gasteiger charge is -2.00. The third kappa shape index (κ3) is 3.31. The zero-order valence-electron chi connectivity index (χ0n) is 9.28. The van der Waals surface area contributed by atoms with E-state index in [1.165, 1.54) is 11.6 Å². The Balaban J connectivity index is 2.06. The Bertz CT molecular complexity index is 529. The van der Waals surface area contributed by atoms with Crippen LogP contribution in [0, 0.1) is 0 Å². The SMILES string of the molecule is NC(=O)/C=C\c1cnn(Cc2ccccc2)c1. The third-order valence-electron chi connectivity index (χ3n) is 2.28. The van der Waals surface area contributed by atoms with Crippen LogP contribution < -0.4 is 5.73 Å². The largest absolute Gasteiger partial charge is 0.366 e. The van der Waals surface area contributed by atoms with Crippen molar-refractivity contribution in [3.05, 3.63) is 59.9 Å². The Kier molecular flexibility index (Phi) is 3.35. The first-order chi connectivity index (χ1) is 8.24. The molecule has 0 saturated carbocycles. The zero-order valence-corrected chi connectivity index (χ0v) is 9.28. The molecule has 1 heterocycles. The van der Waals surface area contributed by atoms with Crippen LogP contribution in [0.3, 0.4) is 0 Å². The van der Waals surface area contributed by atoms with Gasteiger partial charge in [-0.3, -0.25) is 9.48 Å². The van der Waals surface area contributed by atoms with E-state index < -0.39 is 5.91 Å². The van der Waals surface area contributed by atoms with Gasteiger partial charge in [-0.15, -0.1) is 0 Å². The van der Waals surface area contributed by atoms with Gasteiger partial charge in [0, 0.05) is 17.8 Å². The van der Waals surface area contributed by atoms with Gasteiger partial charge in [-0.2, -0.15) is 5.10 Å². The van der Waals surface area contributed by atoms with Gasteiger partial charge in [-0.05, 0) is 11.6 Å². The normalized spacial score (nSPS) is 10.8. The predicted molar refractivity (Wildman–Crippen MR) is 66.0 cm³/mol. The minimum atomic E-state index is -0.458. The molecule has 1 amide bonds. The maximum absolute atomic E-state index is 10.6. The molecule has 2 N–H and O–H groups in total. The lowest BCUT2D eigenvalue weighted by molar-refractivity contribution is -0.113. The summed E-state index contributed by atoms with van der Waals surface area (Å²) < 4.78 is 1.82. The Hall–Kier alpha value is -2.36. The van der Waals surface area contributed by atoms with E-state index in [1.54, 1.807) is 12.3 Å². The van der Waals surface area contributed by atoms with E-state index in [4.69, 9.17) is 5.73 Å². The second-order valence-electron chi connectivity index (χ2n) is 3.69. The van der Waals surface area contributed by atoms with Gasteiger partial charge in [0.1, 0.15) is 0 Å². The maximum atomic E-state index is 10.6. The quantitative estimate of drug-likeness (QED) is 0.803. The molecule has 4 heteroatoms. The second-order valence-corrected chi connectivity index (χ2v) is 3.69. The molecule has 2 rings (SSSR count). The van der Waals surface area contributed by atoms with Crippen molar-refractivity contribution < 1.29 is 4.79 Å². The molecule has 86 valence electrons. The first-order valence-electron chi connectivity index (χ1n) is 5.28. The van der Waals surface area contributed by atoms with E-state index >= 15 is 0 Å². The summed E-state index contributed by atoms with van der Waals surface area (Å²) in [6.45, 7) is 0.714. The molecule has 17 heavy (non-hydrogen) atoms. The Morgan fingerprint density at radius 2 is 2.12 bits per heavy atom. The maximum Gasteiger partial charge on any atom is 0.241 e. The van der Waals surface area contributed by atoms with Crippen LogP contribution in [0.1, 0.15) is 11.1 Å². The van der Waals surface area contributed by atoms with Gasteiger partial charge in [0.15, 0.2) is 0 Å². The first kappa shape index (κ1) is 11.1. The summed E-state index contributed by atoms with van der Waals surface area (Å²) in [6.07, 6.45) is 6.54. The summed E-state index contributed by atoms with van der Waals surface area (Å²) >= 11 is 0. The number of nitrogens with zero attached hydrogens (tertiary/aromatic N) is 2. The number of primary amides is 1. The number of benzene rings is 1. The zero-order chi connectivity index (χ0) is 12.1. The number of carbonyl (C=O) groups is 1. The summed E-state index contributed by atoms with van der Waals surface area (Å²) in [6, 6.07) is 10.0. The van der Waals surface area contributed by atoms with Crippen LogP contribution in [-0.2, 0) is 11.3 Å². The highest BCUT2D eigenvalue weighted by atomic mass is 16.1. The van der Waals surface area contributed by atoms with E-state index in [-0.39, 0.29) is 0 Å². The molecule has 0 radical (unpaired) electrons. The molecule has 1 aromatic heterocycles. The van der Waals surface area contributed by atoms with Crippen LogP contribution in [0.2, 0.25) is 0 Å². The van der Waals surface area contributed by atoms with Crippen LogP contribution in [0.25, 0.3) is 6.08 Å². The number of aromatic nitrogens is 2. The van der Waals surface area contributed by atoms with Gasteiger partial charge in [0.25, 0.3) is 0 Å². The average Bonchev–Trinajstić information content (AvgIpc) is 2.75. The molecule has 0 atom stereocenters. The van der Waals surface area contributed by atoms with Crippen molar-refractivity contribution in [3.63, 3.8) is 0 Å². The molecule has 0 fully saturated rings. The summed E-state index contributed by atoms with van der Waals surface area (Å²) in [7, 11) is 0. The van der Waals surface area contributed by atoms with Crippen LogP contribution in [-0.4, -0.2) is 15.7 Å². The molecular weight excluding hydrogens is 214 g/mol. The van der Waals surface area contributed by atoms with E-state index in [0.717, 1.165) is 5.56 Å². The van der Waals surface area contributed by atoms with E-state index in [9.17, 15) is 4.79 Å². The standard InChI is InChI=1S/C13H13N3O/c14-13(17)7-6-12-8-15-16(10-12)9-11-4-2-1-3-5-11/h1-8,10H,9H2,(H2,14,17)/b7-6-. The number of hydrogen-bond donors (Lipinski definition) is 1. The highest BCUT2D eigenvalue weighted by molar-refractivity contribution is 5.90. The lowest BCUT2D eigenvalue weighted by atomic mass is 10.2. The molecule has 0 spiro atoms. The van der Waals surface area contributed by atoms with Crippen molar-refractivity contribution in [2.24, 2.45) is 5.73 Å². The van der Waals surface area contributed by atoms with Crippen molar-refractivity contribution in [1.82, 2.24) is 9.78 Å². The van der Waals surface area contributed by atoms with Crippen molar-refractivity contribution in [1.29, 1.82) is 0 Å². The van der Waals surface area contributed by atoms with Gasteiger partial charge in [-0.25, -0.2) is 0 Å². The summed E-state index contributed by atoms with van der Waals surface area (Å²) in [5.74, 6) is -0.458. The number of hydrogen-bond acceptors (Lipinski definition) is 2. The molecule has 0 saturated heterocycles. The van der Waals surface area contributed by atoms with Crippen molar-refractivity contribution in [2.75, 3.05) is 0 Å². The van der Waals surface area contributed by atoms with Gasteiger partial charge in [0.05, 0.1) is 12.7 Å². The number of carbonyl (C=O) groups excluding carboxylic acids is 1. The smallest absolute Gasteiger partial charge is 0.241 e. The van der Waals surface area contributed by atoms with Crippen LogP contribution >= 0.6 is 0 Å². The predicted octanol–water partition coefficient (Wildman–Crippen LogP) is 1.43. The molecule has 0 unspecified atom stereocenters. The van der Waals surface area contributed by atoms with E-state index in [1.807, 2.05) is 41.2 Å². The van der Waals surface area contributed by atoms with Crippen LogP contribution in [0.15, 0.2) is 48.8 Å². The number of amides is 1. The molecule has 0 bridgehead atoms. The van der Waals surface area contributed by atoms with Gasteiger partial charge in [-0.1, -0.05) is 30.3 Å². The van der Waals surface area contributed by atoms with Crippen molar-refractivity contribution in [2.45, 2.75) is 6.54 Å². The van der Waals surface area contributed by atoms with Crippen molar-refractivity contribution >= 4 is 12.0 Å².